The highest BCUT2D eigenvalue weighted by atomic mass is 32.2. The van der Waals surface area contributed by atoms with Gasteiger partial charge in [-0.25, -0.2) is 0 Å². The van der Waals surface area contributed by atoms with Crippen LogP contribution in [0.5, 0.6) is 0 Å². The number of hydrogen-bond donors (Lipinski definition) is 0. The second kappa shape index (κ2) is 4.83. The van der Waals surface area contributed by atoms with E-state index in [0.29, 0.717) is 16.9 Å². The van der Waals surface area contributed by atoms with Gasteiger partial charge in [-0.15, -0.1) is 0 Å². The molecule has 0 unspecified atom stereocenters. The molecule has 0 aromatic rings. The molecular weight excluding hydrogens is 242 g/mol. The average Bonchev–Trinajstić information content (AvgIpc) is 2.14. The highest BCUT2D eigenvalue weighted by Gasteiger charge is 2.19. The van der Waals surface area contributed by atoms with E-state index in [1.54, 1.807) is 13.0 Å². The van der Waals surface area contributed by atoms with Crippen LogP contribution in [0.1, 0.15) is 20.8 Å². The molecule has 94 valence electrons. The monoisotopic (exact) mass is 257 g/mol. The quantitative estimate of drug-likeness (QED) is 0.566. The van der Waals surface area contributed by atoms with Crippen LogP contribution in [0.2, 0.25) is 0 Å². The van der Waals surface area contributed by atoms with Gasteiger partial charge in [0, 0.05) is 5.57 Å². The topological polar surface area (TPSA) is 72.8 Å². The molecule has 17 heavy (non-hydrogen) atoms. The Labute approximate surface area is 101 Å². The molecular formula is C11H15NO4S. The summed E-state index contributed by atoms with van der Waals surface area (Å²) < 4.78 is 26.0. The van der Waals surface area contributed by atoms with Crippen LogP contribution in [0.25, 0.3) is 0 Å². The molecule has 0 fully saturated rings. The van der Waals surface area contributed by atoms with Gasteiger partial charge in [-0.3, -0.25) is 9.08 Å². The van der Waals surface area contributed by atoms with E-state index in [4.69, 9.17) is 0 Å². The second-order valence-electron chi connectivity index (χ2n) is 4.20. The molecule has 0 saturated carbocycles. The highest BCUT2D eigenvalue weighted by molar-refractivity contribution is 7.85. The average molecular weight is 257 g/mol. The lowest BCUT2D eigenvalue weighted by Gasteiger charge is -2.14. The van der Waals surface area contributed by atoms with Crippen molar-refractivity contribution in [1.29, 1.82) is 0 Å². The zero-order valence-corrected chi connectivity index (χ0v) is 11.0. The third-order valence-electron chi connectivity index (χ3n) is 2.22. The predicted octanol–water partition coefficient (Wildman–Crippen LogP) is 1.43. The SMILES string of the molecule is CC1=CC(=O)C(C(C)C)=CC1=NOS(C)(=O)=O. The Morgan fingerprint density at radius 3 is 2.35 bits per heavy atom. The minimum absolute atomic E-state index is 0.0512. The van der Waals surface area contributed by atoms with Crippen molar-refractivity contribution in [2.75, 3.05) is 6.26 Å². The second-order valence-corrected chi connectivity index (χ2v) is 5.76. The van der Waals surface area contributed by atoms with Crippen LogP contribution in [-0.4, -0.2) is 26.2 Å². The van der Waals surface area contributed by atoms with Crippen LogP contribution >= 0.6 is 0 Å². The molecule has 0 aromatic heterocycles. The van der Waals surface area contributed by atoms with Crippen LogP contribution in [0.4, 0.5) is 0 Å². The van der Waals surface area contributed by atoms with E-state index < -0.39 is 10.1 Å². The number of oxime groups is 1. The lowest BCUT2D eigenvalue weighted by Crippen LogP contribution is -2.16. The van der Waals surface area contributed by atoms with E-state index >= 15 is 0 Å². The fourth-order valence-corrected chi connectivity index (χ4v) is 1.56. The molecule has 1 aliphatic carbocycles. The number of ketones is 1. The van der Waals surface area contributed by atoms with Gasteiger partial charge in [-0.2, -0.15) is 8.42 Å². The summed E-state index contributed by atoms with van der Waals surface area (Å²) in [5.41, 5.74) is 1.54. The largest absolute Gasteiger partial charge is 0.325 e. The van der Waals surface area contributed by atoms with Crippen molar-refractivity contribution >= 4 is 21.6 Å². The smallest absolute Gasteiger partial charge is 0.290 e. The van der Waals surface area contributed by atoms with Gasteiger partial charge in [0.05, 0.1) is 6.26 Å². The Hall–Kier alpha value is -1.43. The zero-order chi connectivity index (χ0) is 13.2. The third-order valence-corrected chi connectivity index (χ3v) is 2.57. The van der Waals surface area contributed by atoms with Crippen LogP contribution in [-0.2, 0) is 19.2 Å². The minimum atomic E-state index is -3.63. The molecule has 0 saturated heterocycles. The van der Waals surface area contributed by atoms with Crippen molar-refractivity contribution in [2.24, 2.45) is 11.1 Å². The van der Waals surface area contributed by atoms with E-state index in [-0.39, 0.29) is 11.7 Å². The molecule has 0 radical (unpaired) electrons. The third kappa shape index (κ3) is 3.81. The van der Waals surface area contributed by atoms with Gasteiger partial charge >= 0.3 is 10.1 Å². The zero-order valence-electron chi connectivity index (χ0n) is 10.2. The summed E-state index contributed by atoms with van der Waals surface area (Å²) in [6.45, 7) is 5.44. The summed E-state index contributed by atoms with van der Waals surface area (Å²) in [5, 5.41) is 3.53. The highest BCUT2D eigenvalue weighted by Crippen LogP contribution is 2.19. The normalized spacial score (nSPS) is 19.4. The lowest BCUT2D eigenvalue weighted by atomic mass is 9.90. The maximum atomic E-state index is 11.6. The molecule has 0 amide bonds. The number of nitrogens with zero attached hydrogens (tertiary/aromatic N) is 1. The maximum absolute atomic E-state index is 11.6. The summed E-state index contributed by atoms with van der Waals surface area (Å²) in [7, 11) is -3.63. The Morgan fingerprint density at radius 2 is 1.88 bits per heavy atom. The minimum Gasteiger partial charge on any atom is -0.290 e. The summed E-state index contributed by atoms with van der Waals surface area (Å²) >= 11 is 0. The maximum Gasteiger partial charge on any atom is 0.325 e. The van der Waals surface area contributed by atoms with Crippen LogP contribution in [0, 0.1) is 5.92 Å². The lowest BCUT2D eigenvalue weighted by molar-refractivity contribution is -0.111. The van der Waals surface area contributed by atoms with Crippen molar-refractivity contribution in [3.63, 3.8) is 0 Å². The molecule has 0 aromatic carbocycles. The number of hydrogen-bond acceptors (Lipinski definition) is 5. The molecule has 0 bridgehead atoms. The van der Waals surface area contributed by atoms with E-state index in [1.807, 2.05) is 13.8 Å². The fraction of sp³-hybridized carbons (Fsp3) is 0.455. The standard InChI is InChI=1S/C11H15NO4S/c1-7(2)9-6-10(8(3)5-11(9)13)12-16-17(4,14)15/h5-7H,1-4H3. The molecule has 0 aliphatic heterocycles. The van der Waals surface area contributed by atoms with Crippen molar-refractivity contribution in [1.82, 2.24) is 0 Å². The first-order valence-corrected chi connectivity index (χ1v) is 6.93. The van der Waals surface area contributed by atoms with E-state index in [1.165, 1.54) is 6.08 Å². The molecule has 0 atom stereocenters. The first-order chi connectivity index (χ1) is 7.70. The Kier molecular flexibility index (Phi) is 3.87. The summed E-state index contributed by atoms with van der Waals surface area (Å²) in [5.74, 6) is -0.0221. The fourth-order valence-electron chi connectivity index (χ4n) is 1.34. The van der Waals surface area contributed by atoms with Gasteiger partial charge in [0.25, 0.3) is 0 Å². The first-order valence-electron chi connectivity index (χ1n) is 5.12. The van der Waals surface area contributed by atoms with E-state index in [2.05, 4.69) is 9.44 Å². The van der Waals surface area contributed by atoms with Gasteiger partial charge in [0.15, 0.2) is 5.78 Å². The molecule has 0 heterocycles. The Morgan fingerprint density at radius 1 is 1.29 bits per heavy atom. The van der Waals surface area contributed by atoms with E-state index in [9.17, 15) is 13.2 Å². The van der Waals surface area contributed by atoms with Gasteiger partial charge in [-0.05, 0) is 30.6 Å². The summed E-state index contributed by atoms with van der Waals surface area (Å²) in [4.78, 5) is 11.6. The van der Waals surface area contributed by atoms with Crippen molar-refractivity contribution < 1.29 is 17.5 Å². The van der Waals surface area contributed by atoms with Crippen LogP contribution in [0.15, 0.2) is 28.5 Å². The summed E-state index contributed by atoms with van der Waals surface area (Å²) in [6, 6.07) is 0. The van der Waals surface area contributed by atoms with Crippen molar-refractivity contribution in [2.45, 2.75) is 20.8 Å². The molecule has 5 nitrogen and oxygen atoms in total. The summed E-state index contributed by atoms with van der Waals surface area (Å²) in [6.07, 6.45) is 3.91. The molecule has 1 rings (SSSR count). The van der Waals surface area contributed by atoms with Gasteiger partial charge < -0.3 is 0 Å². The van der Waals surface area contributed by atoms with Crippen LogP contribution in [0.3, 0.4) is 0 Å². The van der Waals surface area contributed by atoms with Gasteiger partial charge in [-0.1, -0.05) is 19.0 Å². The Bertz CT molecular complexity index is 524. The number of allylic oxidation sites excluding steroid dienone is 4. The van der Waals surface area contributed by atoms with Crippen molar-refractivity contribution in [3.8, 4) is 0 Å². The molecule has 0 spiro atoms. The number of carbonyl (C=O) groups is 1. The van der Waals surface area contributed by atoms with Gasteiger partial charge in [0.2, 0.25) is 0 Å². The van der Waals surface area contributed by atoms with Gasteiger partial charge in [0.1, 0.15) is 5.71 Å². The van der Waals surface area contributed by atoms with E-state index in [0.717, 1.165) is 6.26 Å². The van der Waals surface area contributed by atoms with Crippen LogP contribution < -0.4 is 0 Å². The predicted molar refractivity (Wildman–Crippen MR) is 65.0 cm³/mol. The molecule has 0 N–H and O–H groups in total. The number of carbonyl (C=O) groups excluding carboxylic acids is 1. The van der Waals surface area contributed by atoms with Crippen molar-refractivity contribution in [3.05, 3.63) is 23.3 Å². The molecule has 6 heteroatoms. The Balaban J connectivity index is 3.08. The molecule has 1 aliphatic rings. The number of rotatable bonds is 3. The first kappa shape index (κ1) is 13.6.